The summed E-state index contributed by atoms with van der Waals surface area (Å²) in [5.74, 6) is 1.25. The summed E-state index contributed by atoms with van der Waals surface area (Å²) >= 11 is 0. The first-order valence-corrected chi connectivity index (χ1v) is 10.7. The summed E-state index contributed by atoms with van der Waals surface area (Å²) in [6.45, 7) is 2.10. The third kappa shape index (κ3) is 4.47. The molecule has 1 N–H and O–H groups in total. The number of hydrogen-bond acceptors (Lipinski definition) is 4. The normalized spacial score (nSPS) is 17.7. The molecule has 0 fully saturated rings. The smallest absolute Gasteiger partial charge is 0.251 e. The van der Waals surface area contributed by atoms with Crippen LogP contribution in [-0.4, -0.2) is 26.2 Å². The molecule has 0 bridgehead atoms. The SMILES string of the molecule is COc1ccc(/C=C/C(=O)N2c3ccccc3C(Nc3ccccc3)CC2C)cc1OC. The zero-order valence-electron chi connectivity index (χ0n) is 18.6. The van der Waals surface area contributed by atoms with E-state index in [0.29, 0.717) is 11.5 Å². The van der Waals surface area contributed by atoms with Crippen LogP contribution in [-0.2, 0) is 4.79 Å². The number of para-hydroxylation sites is 2. The van der Waals surface area contributed by atoms with E-state index in [-0.39, 0.29) is 18.0 Å². The number of hydrogen-bond donors (Lipinski definition) is 1. The van der Waals surface area contributed by atoms with Crippen molar-refractivity contribution < 1.29 is 14.3 Å². The maximum absolute atomic E-state index is 13.2. The zero-order chi connectivity index (χ0) is 22.5. The highest BCUT2D eigenvalue weighted by atomic mass is 16.5. The monoisotopic (exact) mass is 428 g/mol. The Balaban J connectivity index is 1.58. The van der Waals surface area contributed by atoms with Gasteiger partial charge in [0.25, 0.3) is 5.91 Å². The molecule has 4 rings (SSSR count). The fraction of sp³-hybridized carbons (Fsp3) is 0.222. The van der Waals surface area contributed by atoms with E-state index in [1.165, 1.54) is 0 Å². The van der Waals surface area contributed by atoms with Crippen LogP contribution in [0.25, 0.3) is 6.08 Å². The van der Waals surface area contributed by atoms with Crippen molar-refractivity contribution in [3.05, 3.63) is 90.0 Å². The molecule has 0 aliphatic carbocycles. The first-order valence-electron chi connectivity index (χ1n) is 10.7. The van der Waals surface area contributed by atoms with E-state index >= 15 is 0 Å². The predicted molar refractivity (Wildman–Crippen MR) is 129 cm³/mol. The highest BCUT2D eigenvalue weighted by molar-refractivity contribution is 6.05. The summed E-state index contributed by atoms with van der Waals surface area (Å²) < 4.78 is 10.7. The van der Waals surface area contributed by atoms with Crippen molar-refractivity contribution in [2.24, 2.45) is 0 Å². The Bertz CT molecular complexity index is 1110. The van der Waals surface area contributed by atoms with Crippen LogP contribution < -0.4 is 19.7 Å². The second-order valence-corrected chi connectivity index (χ2v) is 7.86. The molecule has 3 aromatic carbocycles. The summed E-state index contributed by atoms with van der Waals surface area (Å²) in [6.07, 6.45) is 4.26. The van der Waals surface area contributed by atoms with Crippen LogP contribution in [0.1, 0.15) is 30.5 Å². The summed E-state index contributed by atoms with van der Waals surface area (Å²) in [5.41, 5.74) is 4.02. The summed E-state index contributed by atoms with van der Waals surface area (Å²) in [4.78, 5) is 15.1. The zero-order valence-corrected chi connectivity index (χ0v) is 18.6. The molecular formula is C27H28N2O3. The number of methoxy groups -OCH3 is 2. The van der Waals surface area contributed by atoms with E-state index in [1.807, 2.05) is 65.6 Å². The molecule has 0 radical (unpaired) electrons. The molecule has 0 saturated heterocycles. The van der Waals surface area contributed by atoms with Gasteiger partial charge in [-0.25, -0.2) is 0 Å². The highest BCUT2D eigenvalue weighted by Gasteiger charge is 2.32. The average Bonchev–Trinajstić information content (AvgIpc) is 2.83. The topological polar surface area (TPSA) is 50.8 Å². The minimum Gasteiger partial charge on any atom is -0.493 e. The fourth-order valence-corrected chi connectivity index (χ4v) is 4.22. The number of fused-ring (bicyclic) bond motifs is 1. The van der Waals surface area contributed by atoms with Gasteiger partial charge >= 0.3 is 0 Å². The fourth-order valence-electron chi connectivity index (χ4n) is 4.22. The van der Waals surface area contributed by atoms with Gasteiger partial charge in [-0.3, -0.25) is 4.79 Å². The summed E-state index contributed by atoms with van der Waals surface area (Å²) in [6, 6.07) is 24.1. The Morgan fingerprint density at radius 3 is 2.44 bits per heavy atom. The van der Waals surface area contributed by atoms with Gasteiger partial charge in [0.15, 0.2) is 11.5 Å². The lowest BCUT2D eigenvalue weighted by Crippen LogP contribution is -2.43. The molecule has 5 nitrogen and oxygen atoms in total. The van der Waals surface area contributed by atoms with E-state index in [9.17, 15) is 4.79 Å². The minimum atomic E-state index is -0.0436. The molecule has 2 unspecified atom stereocenters. The third-order valence-corrected chi connectivity index (χ3v) is 5.77. The van der Waals surface area contributed by atoms with Gasteiger partial charge in [-0.2, -0.15) is 0 Å². The Morgan fingerprint density at radius 2 is 1.69 bits per heavy atom. The lowest BCUT2D eigenvalue weighted by Gasteiger charge is -2.39. The Labute approximate surface area is 189 Å². The van der Waals surface area contributed by atoms with E-state index < -0.39 is 0 Å². The predicted octanol–water partition coefficient (Wildman–Crippen LogP) is 5.70. The van der Waals surface area contributed by atoms with Crippen LogP contribution in [0.2, 0.25) is 0 Å². The van der Waals surface area contributed by atoms with Crippen LogP contribution in [0.5, 0.6) is 11.5 Å². The van der Waals surface area contributed by atoms with Gasteiger partial charge in [-0.1, -0.05) is 42.5 Å². The largest absolute Gasteiger partial charge is 0.493 e. The van der Waals surface area contributed by atoms with Crippen molar-refractivity contribution in [2.45, 2.75) is 25.4 Å². The number of carbonyl (C=O) groups is 1. The molecule has 2 atom stereocenters. The molecule has 1 amide bonds. The van der Waals surface area contributed by atoms with Gasteiger partial charge in [0, 0.05) is 23.5 Å². The van der Waals surface area contributed by atoms with E-state index in [2.05, 4.69) is 30.4 Å². The van der Waals surface area contributed by atoms with Crippen LogP contribution in [0.15, 0.2) is 78.9 Å². The van der Waals surface area contributed by atoms with Crippen molar-refractivity contribution in [2.75, 3.05) is 24.4 Å². The lowest BCUT2D eigenvalue weighted by molar-refractivity contribution is -0.114. The maximum atomic E-state index is 13.2. The summed E-state index contributed by atoms with van der Waals surface area (Å²) in [7, 11) is 3.20. The highest BCUT2D eigenvalue weighted by Crippen LogP contribution is 2.39. The molecule has 5 heteroatoms. The summed E-state index contributed by atoms with van der Waals surface area (Å²) in [5, 5.41) is 3.63. The molecule has 3 aromatic rings. The van der Waals surface area contributed by atoms with Gasteiger partial charge in [0.05, 0.1) is 20.3 Å². The van der Waals surface area contributed by atoms with Crippen LogP contribution >= 0.6 is 0 Å². The minimum absolute atomic E-state index is 0.0436. The van der Waals surface area contributed by atoms with Gasteiger partial charge in [-0.05, 0) is 60.9 Å². The van der Waals surface area contributed by atoms with Crippen molar-refractivity contribution in [3.63, 3.8) is 0 Å². The van der Waals surface area contributed by atoms with E-state index in [0.717, 1.165) is 28.9 Å². The van der Waals surface area contributed by atoms with Crippen molar-refractivity contribution in [1.82, 2.24) is 0 Å². The van der Waals surface area contributed by atoms with Crippen molar-refractivity contribution in [3.8, 4) is 11.5 Å². The number of ether oxygens (including phenoxy) is 2. The number of nitrogens with zero attached hydrogens (tertiary/aromatic N) is 1. The van der Waals surface area contributed by atoms with Gasteiger partial charge in [-0.15, -0.1) is 0 Å². The number of nitrogens with one attached hydrogen (secondary N) is 1. The van der Waals surface area contributed by atoms with Gasteiger partial charge in [0.1, 0.15) is 0 Å². The van der Waals surface area contributed by atoms with Crippen molar-refractivity contribution >= 4 is 23.4 Å². The van der Waals surface area contributed by atoms with Crippen LogP contribution in [0.3, 0.4) is 0 Å². The van der Waals surface area contributed by atoms with E-state index in [4.69, 9.17) is 9.47 Å². The molecule has 1 heterocycles. The average molecular weight is 429 g/mol. The molecule has 1 aliphatic rings. The molecule has 32 heavy (non-hydrogen) atoms. The second-order valence-electron chi connectivity index (χ2n) is 7.86. The quantitative estimate of drug-likeness (QED) is 0.512. The number of benzene rings is 3. The standard InChI is InChI=1S/C27H28N2O3/c1-19-17-23(28-21-9-5-4-6-10-21)22-11-7-8-12-24(22)29(19)27(30)16-14-20-13-15-25(31-2)26(18-20)32-3/h4-16,18-19,23,28H,17H2,1-3H3/b16-14+. The molecular weight excluding hydrogens is 400 g/mol. The maximum Gasteiger partial charge on any atom is 0.251 e. The van der Waals surface area contributed by atoms with Crippen LogP contribution in [0.4, 0.5) is 11.4 Å². The number of rotatable bonds is 6. The number of anilines is 2. The lowest BCUT2D eigenvalue weighted by atomic mass is 9.91. The Kier molecular flexibility index (Phi) is 6.45. The van der Waals surface area contributed by atoms with Gasteiger partial charge < -0.3 is 19.7 Å². The molecule has 164 valence electrons. The molecule has 1 aliphatic heterocycles. The molecule has 0 saturated carbocycles. The third-order valence-electron chi connectivity index (χ3n) is 5.77. The van der Waals surface area contributed by atoms with Gasteiger partial charge in [0.2, 0.25) is 0 Å². The first-order chi connectivity index (χ1) is 15.6. The van der Waals surface area contributed by atoms with Crippen molar-refractivity contribution in [1.29, 1.82) is 0 Å². The van der Waals surface area contributed by atoms with Crippen LogP contribution in [0, 0.1) is 0 Å². The Morgan fingerprint density at radius 1 is 0.969 bits per heavy atom. The van der Waals surface area contributed by atoms with E-state index in [1.54, 1.807) is 20.3 Å². The molecule has 0 aromatic heterocycles. The number of amides is 1. The Hall–Kier alpha value is -3.73. The first kappa shape index (κ1) is 21.5. The molecule has 0 spiro atoms. The second kappa shape index (κ2) is 9.60. The number of carbonyl (C=O) groups excluding carboxylic acids is 1.